The Labute approximate surface area is 110 Å². The molecule has 1 N–H and O–H groups in total. The second kappa shape index (κ2) is 5.06. The summed E-state index contributed by atoms with van der Waals surface area (Å²) >= 11 is 0. The van der Waals surface area contributed by atoms with E-state index < -0.39 is 30.1 Å². The zero-order chi connectivity index (χ0) is 14.2. The summed E-state index contributed by atoms with van der Waals surface area (Å²) in [5, 5.41) is 9.02. The van der Waals surface area contributed by atoms with E-state index >= 15 is 0 Å². The van der Waals surface area contributed by atoms with Crippen LogP contribution in [0.5, 0.6) is 0 Å². The van der Waals surface area contributed by atoms with Crippen LogP contribution in [0.25, 0.3) is 0 Å². The molecule has 0 aromatic carbocycles. The third-order valence-corrected chi connectivity index (χ3v) is 4.23. The molecule has 108 valence electrons. The van der Waals surface area contributed by atoms with Crippen molar-refractivity contribution in [3.63, 3.8) is 0 Å². The number of alkyl halides is 2. The van der Waals surface area contributed by atoms with Crippen LogP contribution in [0.15, 0.2) is 0 Å². The Kier molecular flexibility index (Phi) is 3.78. The number of likely N-dealkylation sites (tertiary alicyclic amines) is 1. The first kappa shape index (κ1) is 14.2. The molecular weight excluding hydrogens is 256 g/mol. The monoisotopic (exact) mass is 275 g/mol. The van der Waals surface area contributed by atoms with Gasteiger partial charge in [0.15, 0.2) is 0 Å². The zero-order valence-electron chi connectivity index (χ0n) is 10.9. The van der Waals surface area contributed by atoms with Gasteiger partial charge in [0.1, 0.15) is 0 Å². The molecule has 3 atom stereocenters. The maximum Gasteiger partial charge on any atom is 0.308 e. The van der Waals surface area contributed by atoms with Crippen molar-refractivity contribution < 1.29 is 23.5 Å². The van der Waals surface area contributed by atoms with E-state index in [-0.39, 0.29) is 24.8 Å². The minimum atomic E-state index is -2.75. The summed E-state index contributed by atoms with van der Waals surface area (Å²) in [4.78, 5) is 24.7. The van der Waals surface area contributed by atoms with Crippen LogP contribution >= 0.6 is 0 Å². The lowest BCUT2D eigenvalue weighted by Crippen LogP contribution is -2.39. The molecule has 0 bridgehead atoms. The lowest BCUT2D eigenvalue weighted by atomic mass is 9.85. The summed E-state index contributed by atoms with van der Waals surface area (Å²) in [7, 11) is 0. The van der Waals surface area contributed by atoms with Crippen molar-refractivity contribution in [2.24, 2.45) is 17.8 Å². The Morgan fingerprint density at radius 1 is 1.32 bits per heavy atom. The molecule has 1 saturated heterocycles. The highest BCUT2D eigenvalue weighted by molar-refractivity contribution is 5.81. The second-order valence-corrected chi connectivity index (χ2v) is 5.81. The highest BCUT2D eigenvalue weighted by Crippen LogP contribution is 2.38. The van der Waals surface area contributed by atoms with Crippen LogP contribution in [0.4, 0.5) is 8.78 Å². The Bertz CT molecular complexity index is 386. The predicted octanol–water partition coefficient (Wildman–Crippen LogP) is 1.99. The minimum Gasteiger partial charge on any atom is -0.481 e. The van der Waals surface area contributed by atoms with Gasteiger partial charge in [0, 0.05) is 31.8 Å². The number of carboxylic acid groups (broad SMARTS) is 1. The summed E-state index contributed by atoms with van der Waals surface area (Å²) in [6, 6.07) is 0. The summed E-state index contributed by atoms with van der Waals surface area (Å²) in [5.74, 6) is -5.32. The number of carbonyl (C=O) groups excluding carboxylic acids is 1. The van der Waals surface area contributed by atoms with Gasteiger partial charge in [-0.3, -0.25) is 9.59 Å². The smallest absolute Gasteiger partial charge is 0.308 e. The molecule has 2 rings (SSSR count). The van der Waals surface area contributed by atoms with Crippen LogP contribution in [0.2, 0.25) is 0 Å². The molecule has 6 heteroatoms. The molecule has 1 heterocycles. The minimum absolute atomic E-state index is 0.120. The summed E-state index contributed by atoms with van der Waals surface area (Å²) in [6.45, 7) is 2.29. The molecule has 0 aromatic heterocycles. The van der Waals surface area contributed by atoms with Crippen molar-refractivity contribution in [1.29, 1.82) is 0 Å². The van der Waals surface area contributed by atoms with Crippen molar-refractivity contribution in [3.8, 4) is 0 Å². The third kappa shape index (κ3) is 3.04. The number of halogens is 2. The van der Waals surface area contributed by atoms with Gasteiger partial charge in [0.25, 0.3) is 0 Å². The van der Waals surface area contributed by atoms with Crippen molar-refractivity contribution in [3.05, 3.63) is 0 Å². The van der Waals surface area contributed by atoms with E-state index in [1.54, 1.807) is 6.92 Å². The van der Waals surface area contributed by atoms with Gasteiger partial charge >= 0.3 is 5.97 Å². The van der Waals surface area contributed by atoms with Gasteiger partial charge in [-0.05, 0) is 18.8 Å². The van der Waals surface area contributed by atoms with Gasteiger partial charge in [-0.2, -0.15) is 0 Å². The van der Waals surface area contributed by atoms with Gasteiger partial charge in [0.2, 0.25) is 11.8 Å². The lowest BCUT2D eigenvalue weighted by molar-refractivity contribution is -0.144. The second-order valence-electron chi connectivity index (χ2n) is 5.81. The molecule has 19 heavy (non-hydrogen) atoms. The van der Waals surface area contributed by atoms with E-state index in [1.807, 2.05) is 0 Å². The van der Waals surface area contributed by atoms with Crippen molar-refractivity contribution >= 4 is 11.9 Å². The maximum absolute atomic E-state index is 13.3. The standard InChI is InChI=1S/C13H19F2NO3/c1-8-6-16(7-10(8)12(18)19)11(17)9-3-2-4-13(14,15)5-9/h8-10H,2-7H2,1H3,(H,18,19). The van der Waals surface area contributed by atoms with Crippen LogP contribution in [-0.4, -0.2) is 40.9 Å². The average Bonchev–Trinajstić information content (AvgIpc) is 2.69. The topological polar surface area (TPSA) is 57.6 Å². The largest absolute Gasteiger partial charge is 0.481 e. The van der Waals surface area contributed by atoms with Gasteiger partial charge < -0.3 is 10.0 Å². The third-order valence-electron chi connectivity index (χ3n) is 4.23. The normalized spacial score (nSPS) is 34.3. The van der Waals surface area contributed by atoms with Crippen LogP contribution in [0.3, 0.4) is 0 Å². The summed E-state index contributed by atoms with van der Waals surface area (Å²) < 4.78 is 26.6. The van der Waals surface area contributed by atoms with Crippen molar-refractivity contribution in [2.75, 3.05) is 13.1 Å². The van der Waals surface area contributed by atoms with Crippen molar-refractivity contribution in [2.45, 2.75) is 38.5 Å². The molecule has 1 aliphatic carbocycles. The SMILES string of the molecule is CC1CN(C(=O)C2CCCC(F)(F)C2)CC1C(=O)O. The van der Waals surface area contributed by atoms with Crippen LogP contribution in [0, 0.1) is 17.8 Å². The number of aliphatic carboxylic acids is 1. The summed E-state index contributed by atoms with van der Waals surface area (Å²) in [6.07, 6.45) is 0.297. The molecule has 3 unspecified atom stereocenters. The molecule has 0 spiro atoms. The highest BCUT2D eigenvalue weighted by atomic mass is 19.3. The molecule has 2 aliphatic rings. The first-order valence-electron chi connectivity index (χ1n) is 6.69. The molecule has 2 fully saturated rings. The summed E-state index contributed by atoms with van der Waals surface area (Å²) in [5.41, 5.74) is 0. The molecule has 1 amide bonds. The predicted molar refractivity (Wildman–Crippen MR) is 63.8 cm³/mol. The van der Waals surface area contributed by atoms with Crippen LogP contribution in [-0.2, 0) is 9.59 Å². The molecule has 1 saturated carbocycles. The number of rotatable bonds is 2. The quantitative estimate of drug-likeness (QED) is 0.838. The first-order chi connectivity index (χ1) is 8.80. The molecular formula is C13H19F2NO3. The van der Waals surface area contributed by atoms with Crippen molar-refractivity contribution in [1.82, 2.24) is 4.90 Å². The van der Waals surface area contributed by atoms with Gasteiger partial charge in [-0.1, -0.05) is 6.92 Å². The van der Waals surface area contributed by atoms with E-state index in [2.05, 4.69) is 0 Å². The van der Waals surface area contributed by atoms with Crippen LogP contribution < -0.4 is 0 Å². The number of hydrogen-bond donors (Lipinski definition) is 1. The fraction of sp³-hybridized carbons (Fsp3) is 0.846. The number of hydrogen-bond acceptors (Lipinski definition) is 2. The van der Waals surface area contributed by atoms with E-state index in [4.69, 9.17) is 5.11 Å². The lowest BCUT2D eigenvalue weighted by Gasteiger charge is -2.30. The molecule has 4 nitrogen and oxygen atoms in total. The van der Waals surface area contributed by atoms with Gasteiger partial charge in [-0.25, -0.2) is 8.78 Å². The average molecular weight is 275 g/mol. The number of amides is 1. The molecule has 1 aliphatic heterocycles. The number of carbonyl (C=O) groups is 2. The van der Waals surface area contributed by atoms with Crippen LogP contribution in [0.1, 0.15) is 32.6 Å². The highest BCUT2D eigenvalue weighted by Gasteiger charge is 2.43. The van der Waals surface area contributed by atoms with E-state index in [0.717, 1.165) is 0 Å². The Balaban J connectivity index is 1.99. The van der Waals surface area contributed by atoms with Gasteiger partial charge in [-0.15, -0.1) is 0 Å². The fourth-order valence-corrected chi connectivity index (χ4v) is 3.11. The fourth-order valence-electron chi connectivity index (χ4n) is 3.11. The van der Waals surface area contributed by atoms with E-state index in [9.17, 15) is 18.4 Å². The Hall–Kier alpha value is -1.20. The maximum atomic E-state index is 13.3. The molecule has 0 aromatic rings. The Morgan fingerprint density at radius 3 is 2.53 bits per heavy atom. The zero-order valence-corrected chi connectivity index (χ0v) is 10.9. The number of carboxylic acids is 1. The first-order valence-corrected chi connectivity index (χ1v) is 6.69. The number of nitrogens with zero attached hydrogens (tertiary/aromatic N) is 1. The molecule has 0 radical (unpaired) electrons. The van der Waals surface area contributed by atoms with E-state index in [0.29, 0.717) is 19.4 Å². The van der Waals surface area contributed by atoms with E-state index in [1.165, 1.54) is 4.90 Å². The van der Waals surface area contributed by atoms with Gasteiger partial charge in [0.05, 0.1) is 5.92 Å². The Morgan fingerprint density at radius 2 is 2.00 bits per heavy atom.